The molecule has 3 rings (SSSR count). The van der Waals surface area contributed by atoms with Gasteiger partial charge in [-0.2, -0.15) is 5.26 Å². The first-order chi connectivity index (χ1) is 14.6. The van der Waals surface area contributed by atoms with Gasteiger partial charge in [-0.25, -0.2) is 26.9 Å². The van der Waals surface area contributed by atoms with Crippen LogP contribution in [0.5, 0.6) is 0 Å². The van der Waals surface area contributed by atoms with Crippen LogP contribution in [0.25, 0.3) is 0 Å². The van der Waals surface area contributed by atoms with Crippen molar-refractivity contribution in [1.29, 1.82) is 5.26 Å². The van der Waals surface area contributed by atoms with Gasteiger partial charge in [-0.1, -0.05) is 12.1 Å². The van der Waals surface area contributed by atoms with Gasteiger partial charge in [0.15, 0.2) is 16.8 Å². The molecule has 0 unspecified atom stereocenters. The van der Waals surface area contributed by atoms with Crippen LogP contribution in [0.15, 0.2) is 42.5 Å². The molecule has 2 aromatic carbocycles. The molecule has 1 N–H and O–H groups in total. The monoisotopic (exact) mass is 462 g/mol. The maximum atomic E-state index is 14.3. The first-order valence-corrected chi connectivity index (χ1v) is 11.5. The molecule has 1 aromatic heterocycles. The molecule has 0 aliphatic rings. The van der Waals surface area contributed by atoms with Crippen LogP contribution in [0.3, 0.4) is 0 Å². The number of rotatable bonds is 6. The Labute approximate surface area is 181 Å². The van der Waals surface area contributed by atoms with Gasteiger partial charge < -0.3 is 4.90 Å². The number of carbonyl (C=O) groups excluding carboxylic acids is 1. The minimum absolute atomic E-state index is 0.0550. The Balaban J connectivity index is 2.06. The number of aromatic nitrogens is 1. The van der Waals surface area contributed by atoms with E-state index in [-0.39, 0.29) is 22.9 Å². The van der Waals surface area contributed by atoms with Crippen molar-refractivity contribution in [2.75, 3.05) is 11.2 Å². The van der Waals surface area contributed by atoms with E-state index in [1.807, 2.05) is 10.8 Å². The van der Waals surface area contributed by atoms with E-state index in [0.717, 1.165) is 23.7 Å². The summed E-state index contributed by atoms with van der Waals surface area (Å²) in [4.78, 5) is 18.5. The highest BCUT2D eigenvalue weighted by atomic mass is 32.2. The lowest BCUT2D eigenvalue weighted by molar-refractivity contribution is 0.0977. The quantitative estimate of drug-likeness (QED) is 0.600. The summed E-state index contributed by atoms with van der Waals surface area (Å²) in [5, 5.41) is 9.29. The van der Waals surface area contributed by atoms with Gasteiger partial charge in [0.05, 0.1) is 24.4 Å². The number of hydrogen-bond donors (Lipinski definition) is 1. The number of thiazole rings is 1. The molecule has 7 nitrogen and oxygen atoms in total. The predicted molar refractivity (Wildman–Crippen MR) is 113 cm³/mol. The first kappa shape index (κ1) is 22.3. The van der Waals surface area contributed by atoms with Gasteiger partial charge in [0.1, 0.15) is 5.69 Å². The molecule has 0 spiro atoms. The molecule has 3 aromatic rings. The van der Waals surface area contributed by atoms with Crippen molar-refractivity contribution in [1.82, 2.24) is 9.71 Å². The second-order valence-corrected chi connectivity index (χ2v) is 9.49. The van der Waals surface area contributed by atoms with Crippen molar-refractivity contribution in [2.24, 2.45) is 0 Å². The minimum atomic E-state index is -3.79. The van der Waals surface area contributed by atoms with Crippen LogP contribution in [0.2, 0.25) is 0 Å². The molecule has 1 amide bonds. The second-order valence-electron chi connectivity index (χ2n) is 6.56. The Morgan fingerprint density at radius 3 is 2.52 bits per heavy atom. The molecule has 160 valence electrons. The number of benzene rings is 2. The van der Waals surface area contributed by atoms with Crippen LogP contribution in [0.1, 0.15) is 26.5 Å². The van der Waals surface area contributed by atoms with Gasteiger partial charge in [0.25, 0.3) is 5.91 Å². The summed E-state index contributed by atoms with van der Waals surface area (Å²) in [5.41, 5.74) is 0.888. The maximum Gasteiger partial charge on any atom is 0.284 e. The molecule has 0 bridgehead atoms. The van der Waals surface area contributed by atoms with E-state index in [9.17, 15) is 22.0 Å². The van der Waals surface area contributed by atoms with Gasteiger partial charge in [-0.3, -0.25) is 4.79 Å². The molecular weight excluding hydrogens is 446 g/mol. The average molecular weight is 463 g/mol. The average Bonchev–Trinajstić information content (AvgIpc) is 3.09. The zero-order valence-electron chi connectivity index (χ0n) is 16.4. The predicted octanol–water partition coefficient (Wildman–Crippen LogP) is 3.63. The number of halogens is 2. The van der Waals surface area contributed by atoms with Crippen LogP contribution < -0.4 is 9.62 Å². The van der Waals surface area contributed by atoms with Gasteiger partial charge >= 0.3 is 0 Å². The fourth-order valence-corrected chi connectivity index (χ4v) is 4.11. The van der Waals surface area contributed by atoms with E-state index in [1.54, 1.807) is 36.1 Å². The Morgan fingerprint density at radius 1 is 1.23 bits per heavy atom. The van der Waals surface area contributed by atoms with Crippen LogP contribution >= 0.6 is 11.3 Å². The van der Waals surface area contributed by atoms with Crippen LogP contribution in [-0.4, -0.2) is 25.6 Å². The van der Waals surface area contributed by atoms with Gasteiger partial charge in [-0.05, 0) is 37.3 Å². The Hall–Kier alpha value is -3.36. The molecule has 0 aliphatic carbocycles. The van der Waals surface area contributed by atoms with E-state index < -0.39 is 27.6 Å². The fraction of sp³-hybridized carbons (Fsp3) is 0.150. The Kier molecular flexibility index (Phi) is 6.33. The summed E-state index contributed by atoms with van der Waals surface area (Å²) in [6.07, 6.45) is 0.850. The lowest BCUT2D eigenvalue weighted by Crippen LogP contribution is -2.30. The third-order valence-electron chi connectivity index (χ3n) is 4.18. The number of sulfonamides is 1. The number of hydrogen-bond acceptors (Lipinski definition) is 7. The van der Waals surface area contributed by atoms with E-state index in [2.05, 4.69) is 4.98 Å². The topological polar surface area (TPSA) is 103 Å². The SMILES string of the molecule is Cc1sc(N(Cc2cccc(F)c2F)c2ccc(C#N)cc2)nc1C(=O)NS(C)(=O)=O. The molecule has 1 heterocycles. The highest BCUT2D eigenvalue weighted by molar-refractivity contribution is 7.89. The van der Waals surface area contributed by atoms with Gasteiger partial charge in [-0.15, -0.1) is 11.3 Å². The smallest absolute Gasteiger partial charge is 0.284 e. The minimum Gasteiger partial charge on any atom is -0.313 e. The molecule has 0 atom stereocenters. The van der Waals surface area contributed by atoms with E-state index in [1.165, 1.54) is 12.1 Å². The lowest BCUT2D eigenvalue weighted by Gasteiger charge is -2.22. The highest BCUT2D eigenvalue weighted by Crippen LogP contribution is 2.33. The maximum absolute atomic E-state index is 14.3. The van der Waals surface area contributed by atoms with Gasteiger partial charge in [0.2, 0.25) is 10.0 Å². The Morgan fingerprint density at radius 2 is 1.90 bits per heavy atom. The summed E-state index contributed by atoms with van der Waals surface area (Å²) < 4.78 is 52.7. The highest BCUT2D eigenvalue weighted by Gasteiger charge is 2.23. The van der Waals surface area contributed by atoms with Crippen molar-refractivity contribution in [3.63, 3.8) is 0 Å². The van der Waals surface area contributed by atoms with Crippen LogP contribution in [0, 0.1) is 29.9 Å². The van der Waals surface area contributed by atoms with Gasteiger partial charge in [0, 0.05) is 16.1 Å². The molecule has 11 heteroatoms. The molecule has 0 aliphatic heterocycles. The first-order valence-electron chi connectivity index (χ1n) is 8.79. The molecule has 0 saturated carbocycles. The van der Waals surface area contributed by atoms with Crippen molar-refractivity contribution < 1.29 is 22.0 Å². The van der Waals surface area contributed by atoms with E-state index in [4.69, 9.17) is 5.26 Å². The summed E-state index contributed by atoms with van der Waals surface area (Å²) in [6, 6.07) is 12.1. The standard InChI is InChI=1S/C20H16F2N4O3S2/c1-12-18(19(27)25-31(2,28)29)24-20(30-12)26(15-8-6-13(10-23)7-9-15)11-14-4-3-5-16(21)17(14)22/h3-9H,11H2,1-2H3,(H,25,27). The van der Waals surface area contributed by atoms with Crippen molar-refractivity contribution in [2.45, 2.75) is 13.5 Å². The number of nitriles is 1. The number of nitrogens with zero attached hydrogens (tertiary/aromatic N) is 3. The van der Waals surface area contributed by atoms with Crippen molar-refractivity contribution in [3.05, 3.63) is 75.8 Å². The molecule has 31 heavy (non-hydrogen) atoms. The summed E-state index contributed by atoms with van der Waals surface area (Å²) >= 11 is 1.09. The lowest BCUT2D eigenvalue weighted by atomic mass is 10.1. The zero-order valence-corrected chi connectivity index (χ0v) is 18.0. The largest absolute Gasteiger partial charge is 0.313 e. The number of amides is 1. The van der Waals surface area contributed by atoms with Crippen molar-refractivity contribution in [3.8, 4) is 6.07 Å². The number of anilines is 2. The molecule has 0 saturated heterocycles. The molecule has 0 radical (unpaired) electrons. The number of aryl methyl sites for hydroxylation is 1. The van der Waals surface area contributed by atoms with E-state index >= 15 is 0 Å². The summed E-state index contributed by atoms with van der Waals surface area (Å²) in [7, 11) is -3.79. The fourth-order valence-electron chi connectivity index (χ4n) is 2.75. The Bertz CT molecular complexity index is 1280. The van der Waals surface area contributed by atoms with Crippen LogP contribution in [-0.2, 0) is 16.6 Å². The third-order valence-corrected chi connectivity index (χ3v) is 5.73. The molecular formula is C20H16F2N4O3S2. The van der Waals surface area contributed by atoms with Crippen molar-refractivity contribution >= 4 is 38.1 Å². The van der Waals surface area contributed by atoms with E-state index in [0.29, 0.717) is 16.1 Å². The second kappa shape index (κ2) is 8.79. The molecule has 0 fully saturated rings. The summed E-state index contributed by atoms with van der Waals surface area (Å²) in [6.45, 7) is 1.48. The normalized spacial score (nSPS) is 11.1. The zero-order chi connectivity index (χ0) is 22.8. The third kappa shape index (κ3) is 5.22. The number of carbonyl (C=O) groups is 1. The summed E-state index contributed by atoms with van der Waals surface area (Å²) in [5.74, 6) is -2.90. The number of nitrogens with one attached hydrogen (secondary N) is 1. The van der Waals surface area contributed by atoms with Crippen LogP contribution in [0.4, 0.5) is 19.6 Å².